The predicted octanol–water partition coefficient (Wildman–Crippen LogP) is 1.84. The van der Waals surface area contributed by atoms with Gasteiger partial charge in [-0.2, -0.15) is 0 Å². The summed E-state index contributed by atoms with van der Waals surface area (Å²) in [6.07, 6.45) is 2.68. The van der Waals surface area contributed by atoms with Gasteiger partial charge in [0.05, 0.1) is 0 Å². The Morgan fingerprint density at radius 1 is 1.47 bits per heavy atom. The standard InChI is InChI=1S/C12H21N3/c1-4-14-11(9(2)3)8-10-6-5-7-15-12(10)13/h5-7,9,11,14H,4,8H2,1-3H3,(H2,13,15). The van der Waals surface area contributed by atoms with Gasteiger partial charge < -0.3 is 11.1 Å². The molecule has 1 aromatic rings. The van der Waals surface area contributed by atoms with E-state index in [2.05, 4.69) is 37.1 Å². The molecule has 1 unspecified atom stereocenters. The van der Waals surface area contributed by atoms with Crippen molar-refractivity contribution in [3.8, 4) is 0 Å². The van der Waals surface area contributed by atoms with Crippen molar-refractivity contribution in [1.29, 1.82) is 0 Å². The number of nitrogens with one attached hydrogen (secondary N) is 1. The smallest absolute Gasteiger partial charge is 0.126 e. The van der Waals surface area contributed by atoms with Gasteiger partial charge in [0.15, 0.2) is 0 Å². The summed E-state index contributed by atoms with van der Waals surface area (Å²) in [5, 5.41) is 3.47. The molecule has 3 heteroatoms. The fourth-order valence-electron chi connectivity index (χ4n) is 1.67. The molecule has 0 bridgehead atoms. The van der Waals surface area contributed by atoms with Gasteiger partial charge >= 0.3 is 0 Å². The molecule has 0 radical (unpaired) electrons. The van der Waals surface area contributed by atoms with Crippen LogP contribution in [0.2, 0.25) is 0 Å². The maximum atomic E-state index is 5.83. The number of anilines is 1. The van der Waals surface area contributed by atoms with E-state index in [0.717, 1.165) is 18.5 Å². The SMILES string of the molecule is CCNC(Cc1cccnc1N)C(C)C. The molecule has 0 spiro atoms. The number of pyridine rings is 1. The lowest BCUT2D eigenvalue weighted by Crippen LogP contribution is -2.35. The molecular formula is C12H21N3. The average Bonchev–Trinajstić information content (AvgIpc) is 2.20. The molecule has 0 aliphatic heterocycles. The zero-order chi connectivity index (χ0) is 11.3. The van der Waals surface area contributed by atoms with Gasteiger partial charge in [-0.3, -0.25) is 0 Å². The number of likely N-dealkylation sites (N-methyl/N-ethyl adjacent to an activating group) is 1. The Balaban J connectivity index is 2.69. The second-order valence-corrected chi connectivity index (χ2v) is 4.16. The fraction of sp³-hybridized carbons (Fsp3) is 0.583. The molecule has 0 aliphatic rings. The second kappa shape index (κ2) is 5.71. The van der Waals surface area contributed by atoms with Crippen molar-refractivity contribution in [3.63, 3.8) is 0 Å². The predicted molar refractivity (Wildman–Crippen MR) is 64.7 cm³/mol. The van der Waals surface area contributed by atoms with E-state index in [1.54, 1.807) is 6.20 Å². The van der Waals surface area contributed by atoms with Crippen LogP contribution in [-0.2, 0) is 6.42 Å². The molecule has 3 nitrogen and oxygen atoms in total. The first-order chi connectivity index (χ1) is 7.15. The lowest BCUT2D eigenvalue weighted by atomic mass is 9.97. The van der Waals surface area contributed by atoms with E-state index in [4.69, 9.17) is 5.73 Å². The number of hydrogen-bond acceptors (Lipinski definition) is 3. The van der Waals surface area contributed by atoms with Crippen molar-refractivity contribution < 1.29 is 0 Å². The van der Waals surface area contributed by atoms with Crippen molar-refractivity contribution in [3.05, 3.63) is 23.9 Å². The maximum absolute atomic E-state index is 5.83. The molecule has 0 aromatic carbocycles. The molecule has 3 N–H and O–H groups in total. The summed E-state index contributed by atoms with van der Waals surface area (Å²) in [6, 6.07) is 4.46. The first-order valence-corrected chi connectivity index (χ1v) is 5.57. The average molecular weight is 207 g/mol. The molecule has 1 aromatic heterocycles. The van der Waals surface area contributed by atoms with E-state index in [9.17, 15) is 0 Å². The van der Waals surface area contributed by atoms with Crippen LogP contribution in [0, 0.1) is 5.92 Å². The lowest BCUT2D eigenvalue weighted by Gasteiger charge is -2.22. The number of nitrogens with two attached hydrogens (primary N) is 1. The van der Waals surface area contributed by atoms with Crippen LogP contribution in [-0.4, -0.2) is 17.6 Å². The number of aromatic nitrogens is 1. The molecule has 0 aliphatic carbocycles. The molecule has 0 saturated heterocycles. The van der Waals surface area contributed by atoms with Gasteiger partial charge in [-0.05, 0) is 30.5 Å². The summed E-state index contributed by atoms with van der Waals surface area (Å²) in [5.74, 6) is 1.26. The molecule has 0 saturated carbocycles. The first kappa shape index (κ1) is 12.0. The molecule has 15 heavy (non-hydrogen) atoms. The van der Waals surface area contributed by atoms with Crippen LogP contribution in [0.15, 0.2) is 18.3 Å². The molecular weight excluding hydrogens is 186 g/mol. The Hall–Kier alpha value is -1.09. The minimum absolute atomic E-state index is 0.474. The number of nitrogen functional groups attached to an aromatic ring is 1. The van der Waals surface area contributed by atoms with Crippen LogP contribution < -0.4 is 11.1 Å². The van der Waals surface area contributed by atoms with Crippen molar-refractivity contribution in [2.75, 3.05) is 12.3 Å². The third-order valence-electron chi connectivity index (χ3n) is 2.64. The fourth-order valence-corrected chi connectivity index (χ4v) is 1.67. The van der Waals surface area contributed by atoms with E-state index in [1.807, 2.05) is 6.07 Å². The monoisotopic (exact) mass is 207 g/mol. The Morgan fingerprint density at radius 3 is 2.73 bits per heavy atom. The zero-order valence-electron chi connectivity index (χ0n) is 9.83. The Labute approximate surface area is 92.1 Å². The minimum atomic E-state index is 0.474. The van der Waals surface area contributed by atoms with Crippen molar-refractivity contribution >= 4 is 5.82 Å². The summed E-state index contributed by atoms with van der Waals surface area (Å²) >= 11 is 0. The van der Waals surface area contributed by atoms with E-state index >= 15 is 0 Å². The quantitative estimate of drug-likeness (QED) is 0.774. The highest BCUT2D eigenvalue weighted by Gasteiger charge is 2.13. The van der Waals surface area contributed by atoms with Gasteiger partial charge in [-0.1, -0.05) is 26.8 Å². The molecule has 0 fully saturated rings. The number of nitrogens with zero attached hydrogens (tertiary/aromatic N) is 1. The van der Waals surface area contributed by atoms with Crippen molar-refractivity contribution in [2.45, 2.75) is 33.2 Å². The Bertz CT molecular complexity index is 297. The van der Waals surface area contributed by atoms with E-state index in [-0.39, 0.29) is 0 Å². The summed E-state index contributed by atoms with van der Waals surface area (Å²) in [6.45, 7) is 7.56. The lowest BCUT2D eigenvalue weighted by molar-refractivity contribution is 0.405. The number of rotatable bonds is 5. The van der Waals surface area contributed by atoms with Gasteiger partial charge in [-0.25, -0.2) is 4.98 Å². The van der Waals surface area contributed by atoms with Crippen molar-refractivity contribution in [2.24, 2.45) is 5.92 Å². The molecule has 1 atom stereocenters. The molecule has 84 valence electrons. The highest BCUT2D eigenvalue weighted by atomic mass is 14.9. The largest absolute Gasteiger partial charge is 0.383 e. The minimum Gasteiger partial charge on any atom is -0.383 e. The van der Waals surface area contributed by atoms with Gasteiger partial charge in [0, 0.05) is 12.2 Å². The molecule has 1 heterocycles. The van der Waals surface area contributed by atoms with Crippen LogP contribution in [0.3, 0.4) is 0 Å². The van der Waals surface area contributed by atoms with Gasteiger partial charge in [0.2, 0.25) is 0 Å². The summed E-state index contributed by atoms with van der Waals surface area (Å²) in [4.78, 5) is 4.10. The zero-order valence-corrected chi connectivity index (χ0v) is 9.83. The summed E-state index contributed by atoms with van der Waals surface area (Å²) in [5.41, 5.74) is 6.96. The normalized spacial score (nSPS) is 13.1. The van der Waals surface area contributed by atoms with Gasteiger partial charge in [0.25, 0.3) is 0 Å². The second-order valence-electron chi connectivity index (χ2n) is 4.16. The van der Waals surface area contributed by atoms with Crippen LogP contribution in [0.4, 0.5) is 5.82 Å². The third kappa shape index (κ3) is 3.51. The van der Waals surface area contributed by atoms with Crippen molar-refractivity contribution in [1.82, 2.24) is 10.3 Å². The molecule has 0 amide bonds. The van der Waals surface area contributed by atoms with E-state index in [0.29, 0.717) is 17.8 Å². The van der Waals surface area contributed by atoms with Gasteiger partial charge in [0.1, 0.15) is 5.82 Å². The van der Waals surface area contributed by atoms with Crippen LogP contribution >= 0.6 is 0 Å². The highest BCUT2D eigenvalue weighted by Crippen LogP contribution is 2.14. The topological polar surface area (TPSA) is 50.9 Å². The van der Waals surface area contributed by atoms with E-state index < -0.39 is 0 Å². The van der Waals surface area contributed by atoms with Gasteiger partial charge in [-0.15, -0.1) is 0 Å². The Morgan fingerprint density at radius 2 is 2.20 bits per heavy atom. The van der Waals surface area contributed by atoms with Crippen LogP contribution in [0.25, 0.3) is 0 Å². The maximum Gasteiger partial charge on any atom is 0.126 e. The summed E-state index contributed by atoms with van der Waals surface area (Å²) < 4.78 is 0. The first-order valence-electron chi connectivity index (χ1n) is 5.57. The van der Waals surface area contributed by atoms with E-state index in [1.165, 1.54) is 0 Å². The Kier molecular flexibility index (Phi) is 4.56. The highest BCUT2D eigenvalue weighted by molar-refractivity contribution is 5.38. The van der Waals surface area contributed by atoms with Crippen LogP contribution in [0.5, 0.6) is 0 Å². The van der Waals surface area contributed by atoms with Crippen LogP contribution in [0.1, 0.15) is 26.3 Å². The number of hydrogen-bond donors (Lipinski definition) is 2. The summed E-state index contributed by atoms with van der Waals surface area (Å²) in [7, 11) is 0. The third-order valence-corrected chi connectivity index (χ3v) is 2.64. The molecule has 1 rings (SSSR count).